The molecule has 0 saturated heterocycles. The standard InChI is InChI=1S/C22H22BrN7O2/c1-3-12(4-2)21(31)26-17-7-5-6-13-10-18(24-19(13)17)22(32)25-16-9-8-14(23)11-15(16)20-27-29-30-28-20/h5-12,24H,3-4H2,1-2H3,(H,25,32)(H,26,31)(H,27,28,29,30). The van der Waals surface area contributed by atoms with Crippen molar-refractivity contribution in [3.63, 3.8) is 0 Å². The Morgan fingerprint density at radius 1 is 1.06 bits per heavy atom. The molecule has 10 heteroatoms. The number of carbonyl (C=O) groups excluding carboxylic acids is 2. The summed E-state index contributed by atoms with van der Waals surface area (Å²) in [6.45, 7) is 3.99. The molecule has 2 aromatic heterocycles. The minimum atomic E-state index is -0.328. The van der Waals surface area contributed by atoms with Crippen molar-refractivity contribution in [2.75, 3.05) is 10.6 Å². The number of tetrazole rings is 1. The number of aromatic amines is 2. The van der Waals surface area contributed by atoms with Crippen LogP contribution >= 0.6 is 15.9 Å². The van der Waals surface area contributed by atoms with Crippen molar-refractivity contribution >= 4 is 50.0 Å². The maximum absolute atomic E-state index is 13.0. The van der Waals surface area contributed by atoms with Crippen LogP contribution in [0.1, 0.15) is 37.2 Å². The molecule has 2 amide bonds. The molecule has 9 nitrogen and oxygen atoms in total. The maximum atomic E-state index is 13.0. The van der Waals surface area contributed by atoms with E-state index in [4.69, 9.17) is 0 Å². The minimum Gasteiger partial charge on any atom is -0.349 e. The Hall–Kier alpha value is -3.53. The van der Waals surface area contributed by atoms with Crippen LogP contribution in [0.15, 0.2) is 46.9 Å². The lowest BCUT2D eigenvalue weighted by atomic mass is 10.0. The van der Waals surface area contributed by atoms with E-state index in [-0.39, 0.29) is 17.7 Å². The number of hydrogen-bond donors (Lipinski definition) is 4. The molecule has 0 saturated carbocycles. The smallest absolute Gasteiger partial charge is 0.272 e. The van der Waals surface area contributed by atoms with Gasteiger partial charge in [-0.2, -0.15) is 5.21 Å². The maximum Gasteiger partial charge on any atom is 0.272 e. The van der Waals surface area contributed by atoms with E-state index >= 15 is 0 Å². The topological polar surface area (TPSA) is 128 Å². The average Bonchev–Trinajstić information content (AvgIpc) is 3.46. The highest BCUT2D eigenvalue weighted by molar-refractivity contribution is 9.10. The molecule has 0 spiro atoms. The van der Waals surface area contributed by atoms with Crippen LogP contribution in [0.25, 0.3) is 22.3 Å². The Balaban J connectivity index is 1.61. The summed E-state index contributed by atoms with van der Waals surface area (Å²) in [7, 11) is 0. The third-order valence-corrected chi connectivity index (χ3v) is 5.82. The molecule has 32 heavy (non-hydrogen) atoms. The molecule has 4 aromatic rings. The fourth-order valence-electron chi connectivity index (χ4n) is 3.55. The molecule has 0 aliphatic carbocycles. The Kier molecular flexibility index (Phi) is 6.31. The van der Waals surface area contributed by atoms with Crippen molar-refractivity contribution in [1.82, 2.24) is 25.6 Å². The molecule has 4 rings (SSSR count). The fourth-order valence-corrected chi connectivity index (χ4v) is 3.91. The van der Waals surface area contributed by atoms with Crippen molar-refractivity contribution in [2.24, 2.45) is 5.92 Å². The number of benzene rings is 2. The Labute approximate surface area is 192 Å². The van der Waals surface area contributed by atoms with E-state index in [1.54, 1.807) is 18.2 Å². The number of nitrogens with zero attached hydrogens (tertiary/aromatic N) is 3. The largest absolute Gasteiger partial charge is 0.349 e. The molecule has 0 fully saturated rings. The Morgan fingerprint density at radius 2 is 1.88 bits per heavy atom. The van der Waals surface area contributed by atoms with Crippen LogP contribution in [0.5, 0.6) is 0 Å². The predicted molar refractivity (Wildman–Crippen MR) is 126 cm³/mol. The molecule has 0 bridgehead atoms. The highest BCUT2D eigenvalue weighted by atomic mass is 79.9. The first-order chi connectivity index (χ1) is 15.5. The zero-order valence-electron chi connectivity index (χ0n) is 17.6. The molecule has 2 aromatic carbocycles. The number of rotatable bonds is 7. The molecular weight excluding hydrogens is 474 g/mol. The second-order valence-corrected chi connectivity index (χ2v) is 8.25. The first kappa shape index (κ1) is 21.7. The lowest BCUT2D eigenvalue weighted by Gasteiger charge is -2.13. The third kappa shape index (κ3) is 4.40. The molecular formula is C22H22BrN7O2. The summed E-state index contributed by atoms with van der Waals surface area (Å²) in [5, 5.41) is 20.7. The number of nitrogens with one attached hydrogen (secondary N) is 4. The summed E-state index contributed by atoms with van der Waals surface area (Å²) >= 11 is 3.42. The monoisotopic (exact) mass is 495 g/mol. The van der Waals surface area contributed by atoms with Gasteiger partial charge in [0.1, 0.15) is 5.69 Å². The normalized spacial score (nSPS) is 11.1. The number of amides is 2. The van der Waals surface area contributed by atoms with Crippen molar-refractivity contribution in [3.05, 3.63) is 52.6 Å². The summed E-state index contributed by atoms with van der Waals surface area (Å²) in [5.74, 6) is -0.0399. The van der Waals surface area contributed by atoms with E-state index < -0.39 is 0 Å². The molecule has 0 aliphatic heterocycles. The van der Waals surface area contributed by atoms with Gasteiger partial charge < -0.3 is 15.6 Å². The SMILES string of the molecule is CCC(CC)C(=O)Nc1cccc2cc(C(=O)Nc3ccc(Br)cc3-c3nn[nH]n3)[nH]c12. The number of anilines is 2. The van der Waals surface area contributed by atoms with Crippen molar-refractivity contribution in [1.29, 1.82) is 0 Å². The Bertz CT molecular complexity index is 1260. The van der Waals surface area contributed by atoms with Crippen LogP contribution in [0.4, 0.5) is 11.4 Å². The quantitative estimate of drug-likeness (QED) is 0.294. The van der Waals surface area contributed by atoms with E-state index in [2.05, 4.69) is 52.2 Å². The van der Waals surface area contributed by atoms with Gasteiger partial charge in [-0.25, -0.2) is 0 Å². The van der Waals surface area contributed by atoms with E-state index in [1.807, 2.05) is 38.1 Å². The van der Waals surface area contributed by atoms with Crippen LogP contribution in [0.2, 0.25) is 0 Å². The van der Waals surface area contributed by atoms with Crippen LogP contribution in [-0.2, 0) is 4.79 Å². The second-order valence-electron chi connectivity index (χ2n) is 7.33. The van der Waals surface area contributed by atoms with Gasteiger partial charge in [0.05, 0.1) is 16.9 Å². The van der Waals surface area contributed by atoms with Crippen LogP contribution < -0.4 is 10.6 Å². The number of halogens is 1. The number of carbonyl (C=O) groups is 2. The van der Waals surface area contributed by atoms with E-state index in [0.717, 1.165) is 22.7 Å². The van der Waals surface area contributed by atoms with Crippen LogP contribution in [0, 0.1) is 5.92 Å². The average molecular weight is 496 g/mol. The molecule has 0 radical (unpaired) electrons. The van der Waals surface area contributed by atoms with Crippen LogP contribution in [0.3, 0.4) is 0 Å². The first-order valence-corrected chi connectivity index (χ1v) is 11.1. The summed E-state index contributed by atoms with van der Waals surface area (Å²) < 4.78 is 0.818. The van der Waals surface area contributed by atoms with Gasteiger partial charge in [-0.05, 0) is 48.4 Å². The van der Waals surface area contributed by atoms with Gasteiger partial charge in [0.2, 0.25) is 11.7 Å². The summed E-state index contributed by atoms with van der Waals surface area (Å²) in [6.07, 6.45) is 1.54. The highest BCUT2D eigenvalue weighted by Crippen LogP contribution is 2.30. The van der Waals surface area contributed by atoms with Gasteiger partial charge in [0, 0.05) is 21.3 Å². The minimum absolute atomic E-state index is 0.0253. The van der Waals surface area contributed by atoms with Gasteiger partial charge in [-0.3, -0.25) is 9.59 Å². The lowest BCUT2D eigenvalue weighted by molar-refractivity contribution is -0.120. The zero-order chi connectivity index (χ0) is 22.7. The number of H-pyrrole nitrogens is 2. The van der Waals surface area contributed by atoms with E-state index in [1.165, 1.54) is 0 Å². The van der Waals surface area contributed by atoms with Crippen molar-refractivity contribution in [2.45, 2.75) is 26.7 Å². The second kappa shape index (κ2) is 9.31. The number of para-hydroxylation sites is 1. The Morgan fingerprint density at radius 3 is 2.59 bits per heavy atom. The van der Waals surface area contributed by atoms with Gasteiger partial charge >= 0.3 is 0 Å². The first-order valence-electron chi connectivity index (χ1n) is 10.3. The number of hydrogen-bond acceptors (Lipinski definition) is 5. The van der Waals surface area contributed by atoms with Gasteiger partial charge in [0.15, 0.2) is 0 Å². The van der Waals surface area contributed by atoms with Crippen molar-refractivity contribution in [3.8, 4) is 11.4 Å². The van der Waals surface area contributed by atoms with Gasteiger partial charge in [-0.15, -0.1) is 10.2 Å². The predicted octanol–water partition coefficient (Wildman–Crippen LogP) is 4.74. The fraction of sp³-hybridized carbons (Fsp3) is 0.227. The van der Waals surface area contributed by atoms with Crippen LogP contribution in [-0.4, -0.2) is 37.4 Å². The number of fused-ring (bicyclic) bond motifs is 1. The summed E-state index contributed by atoms with van der Waals surface area (Å²) in [5.41, 5.74) is 2.88. The molecule has 2 heterocycles. The lowest BCUT2D eigenvalue weighted by Crippen LogP contribution is -2.21. The molecule has 4 N–H and O–H groups in total. The van der Waals surface area contributed by atoms with Gasteiger partial charge in [-0.1, -0.05) is 41.9 Å². The molecule has 164 valence electrons. The molecule has 0 unspecified atom stereocenters. The summed E-state index contributed by atoms with van der Waals surface area (Å²) in [6, 6.07) is 12.7. The zero-order valence-corrected chi connectivity index (χ0v) is 19.2. The highest BCUT2D eigenvalue weighted by Gasteiger charge is 2.18. The third-order valence-electron chi connectivity index (χ3n) is 5.33. The van der Waals surface area contributed by atoms with E-state index in [9.17, 15) is 9.59 Å². The van der Waals surface area contributed by atoms with E-state index in [0.29, 0.717) is 34.0 Å². The molecule has 0 aliphatic rings. The van der Waals surface area contributed by atoms with Crippen molar-refractivity contribution < 1.29 is 9.59 Å². The summed E-state index contributed by atoms with van der Waals surface area (Å²) in [4.78, 5) is 28.7. The molecule has 0 atom stereocenters. The number of aromatic nitrogens is 5. The van der Waals surface area contributed by atoms with Gasteiger partial charge in [0.25, 0.3) is 5.91 Å².